The van der Waals surface area contributed by atoms with Crippen molar-refractivity contribution >= 4 is 21.9 Å². The maximum atomic E-state index is 10.5. The highest BCUT2D eigenvalue weighted by Gasteiger charge is 2.05. The van der Waals surface area contributed by atoms with Gasteiger partial charge in [-0.1, -0.05) is 29.8 Å². The molecule has 0 fully saturated rings. The molecule has 0 amide bonds. The summed E-state index contributed by atoms with van der Waals surface area (Å²) in [5.41, 5.74) is 1.13. The number of benzene rings is 1. The maximum absolute atomic E-state index is 10.5. The molecule has 0 aromatic heterocycles. The summed E-state index contributed by atoms with van der Waals surface area (Å²) in [5.74, 6) is -0.880. The summed E-state index contributed by atoms with van der Waals surface area (Å²) in [4.78, 5) is 10.5. The molecule has 0 unspecified atom stereocenters. The molecule has 0 saturated carbocycles. The number of aryl methyl sites for hydroxylation is 1. The molecule has 72 valence electrons. The Morgan fingerprint density at radius 3 is 2.31 bits per heavy atom. The summed E-state index contributed by atoms with van der Waals surface area (Å²) in [7, 11) is 0. The number of carbonyl (C=O) groups is 1. The summed E-state index contributed by atoms with van der Waals surface area (Å²) in [5, 5.41) is 8.64. The van der Waals surface area contributed by atoms with Gasteiger partial charge in [0.05, 0.1) is 5.56 Å². The van der Waals surface area contributed by atoms with Crippen molar-refractivity contribution in [2.45, 2.75) is 20.8 Å². The molecule has 0 radical (unpaired) electrons. The third-order valence-electron chi connectivity index (χ3n) is 1.42. The number of aromatic carboxylic acids is 1. The van der Waals surface area contributed by atoms with E-state index < -0.39 is 5.97 Å². The molecule has 1 N–H and O–H groups in total. The van der Waals surface area contributed by atoms with Gasteiger partial charge in [0, 0.05) is 4.47 Å². The van der Waals surface area contributed by atoms with E-state index in [1.807, 2.05) is 13.8 Å². The maximum Gasteiger partial charge on any atom is 0.335 e. The van der Waals surface area contributed by atoms with Crippen molar-refractivity contribution in [3.8, 4) is 0 Å². The second kappa shape index (κ2) is 5.75. The van der Waals surface area contributed by atoms with Crippen LogP contribution in [0.2, 0.25) is 0 Å². The van der Waals surface area contributed by atoms with E-state index in [0.29, 0.717) is 5.56 Å². The lowest BCUT2D eigenvalue weighted by molar-refractivity contribution is 0.0696. The van der Waals surface area contributed by atoms with Crippen molar-refractivity contribution in [2.75, 3.05) is 0 Å². The molecule has 1 aromatic carbocycles. The van der Waals surface area contributed by atoms with Crippen LogP contribution >= 0.6 is 15.9 Å². The molecule has 0 atom stereocenters. The summed E-state index contributed by atoms with van der Waals surface area (Å²) < 4.78 is 0.903. The molecule has 3 heteroatoms. The number of carboxylic acid groups (broad SMARTS) is 1. The zero-order chi connectivity index (χ0) is 10.4. The Balaban J connectivity index is 0.000000671. The second-order valence-corrected chi connectivity index (χ2v) is 3.18. The molecule has 1 rings (SSSR count). The van der Waals surface area contributed by atoms with Crippen molar-refractivity contribution in [2.24, 2.45) is 0 Å². The van der Waals surface area contributed by atoms with E-state index >= 15 is 0 Å². The summed E-state index contributed by atoms with van der Waals surface area (Å²) in [6.07, 6.45) is 0. The lowest BCUT2D eigenvalue weighted by atomic mass is 10.1. The average molecular weight is 245 g/mol. The van der Waals surface area contributed by atoms with E-state index in [1.165, 1.54) is 0 Å². The largest absolute Gasteiger partial charge is 0.478 e. The second-order valence-electron chi connectivity index (χ2n) is 2.26. The first-order chi connectivity index (χ1) is 6.11. The average Bonchev–Trinajstić information content (AvgIpc) is 2.07. The molecule has 1 aromatic rings. The zero-order valence-corrected chi connectivity index (χ0v) is 9.55. The van der Waals surface area contributed by atoms with Crippen LogP contribution in [0.1, 0.15) is 29.8 Å². The Kier molecular flexibility index (Phi) is 5.39. The van der Waals surface area contributed by atoms with Crippen LogP contribution < -0.4 is 0 Å². The van der Waals surface area contributed by atoms with E-state index in [-0.39, 0.29) is 0 Å². The molecule has 0 heterocycles. The van der Waals surface area contributed by atoms with Crippen LogP contribution in [0, 0.1) is 6.92 Å². The molecule has 13 heavy (non-hydrogen) atoms. The van der Waals surface area contributed by atoms with Crippen LogP contribution in [-0.4, -0.2) is 11.1 Å². The first-order valence-corrected chi connectivity index (χ1v) is 4.90. The third-order valence-corrected chi connectivity index (χ3v) is 1.91. The van der Waals surface area contributed by atoms with E-state index in [1.54, 1.807) is 25.1 Å². The van der Waals surface area contributed by atoms with Crippen LogP contribution in [0.3, 0.4) is 0 Å². The van der Waals surface area contributed by atoms with Gasteiger partial charge in [0.15, 0.2) is 0 Å². The molecule has 0 aliphatic rings. The number of carboxylic acids is 1. The molecule has 0 aliphatic heterocycles. The van der Waals surface area contributed by atoms with Crippen LogP contribution in [0.4, 0.5) is 0 Å². The number of hydrogen-bond donors (Lipinski definition) is 1. The van der Waals surface area contributed by atoms with Gasteiger partial charge in [-0.05, 0) is 30.7 Å². The van der Waals surface area contributed by atoms with Gasteiger partial charge in [-0.3, -0.25) is 0 Å². The zero-order valence-electron chi connectivity index (χ0n) is 7.97. The van der Waals surface area contributed by atoms with Crippen LogP contribution in [-0.2, 0) is 0 Å². The van der Waals surface area contributed by atoms with Crippen molar-refractivity contribution in [3.63, 3.8) is 0 Å². The van der Waals surface area contributed by atoms with Crippen molar-refractivity contribution in [1.29, 1.82) is 0 Å². The minimum Gasteiger partial charge on any atom is -0.478 e. The Hall–Kier alpha value is -0.830. The van der Waals surface area contributed by atoms with Gasteiger partial charge in [0.1, 0.15) is 0 Å². The predicted octanol–water partition coefficient (Wildman–Crippen LogP) is 3.48. The van der Waals surface area contributed by atoms with Crippen molar-refractivity contribution in [1.82, 2.24) is 0 Å². The van der Waals surface area contributed by atoms with Gasteiger partial charge in [-0.25, -0.2) is 4.79 Å². The number of halogens is 1. The Morgan fingerprint density at radius 2 is 1.92 bits per heavy atom. The lowest BCUT2D eigenvalue weighted by Crippen LogP contribution is -1.98. The highest BCUT2D eigenvalue weighted by atomic mass is 79.9. The van der Waals surface area contributed by atoms with Gasteiger partial charge in [0.2, 0.25) is 0 Å². The normalized spacial score (nSPS) is 8.62. The highest BCUT2D eigenvalue weighted by Crippen LogP contribution is 2.15. The van der Waals surface area contributed by atoms with Gasteiger partial charge >= 0.3 is 5.97 Å². The lowest BCUT2D eigenvalue weighted by Gasteiger charge is -1.99. The van der Waals surface area contributed by atoms with E-state index in [9.17, 15) is 4.79 Å². The monoisotopic (exact) mass is 244 g/mol. The standard InChI is InChI=1S/C8H7BrO2.C2H6/c1-5-4-6(9)2-3-7(5)8(10)11;1-2/h2-4H,1H3,(H,10,11);1-2H3. The molecule has 0 aliphatic carbocycles. The molecular weight excluding hydrogens is 232 g/mol. The van der Waals surface area contributed by atoms with Gasteiger partial charge in [-0.2, -0.15) is 0 Å². The fourth-order valence-corrected chi connectivity index (χ4v) is 1.34. The quantitative estimate of drug-likeness (QED) is 0.822. The smallest absolute Gasteiger partial charge is 0.335 e. The molecule has 0 saturated heterocycles. The fraction of sp³-hybridized carbons (Fsp3) is 0.300. The number of hydrogen-bond acceptors (Lipinski definition) is 1. The van der Waals surface area contributed by atoms with Gasteiger partial charge < -0.3 is 5.11 Å². The van der Waals surface area contributed by atoms with Gasteiger partial charge in [-0.15, -0.1) is 0 Å². The summed E-state index contributed by atoms with van der Waals surface area (Å²) >= 11 is 3.25. The number of rotatable bonds is 1. The van der Waals surface area contributed by atoms with E-state index in [0.717, 1.165) is 10.0 Å². The minimum atomic E-state index is -0.880. The SMILES string of the molecule is CC.Cc1cc(Br)ccc1C(=O)O. The topological polar surface area (TPSA) is 37.3 Å². The molecule has 0 spiro atoms. The molecular formula is C10H13BrO2. The van der Waals surface area contributed by atoms with Gasteiger partial charge in [0.25, 0.3) is 0 Å². The first-order valence-electron chi connectivity index (χ1n) is 4.10. The third kappa shape index (κ3) is 3.59. The Morgan fingerprint density at radius 1 is 1.38 bits per heavy atom. The van der Waals surface area contributed by atoms with E-state index in [2.05, 4.69) is 15.9 Å². The van der Waals surface area contributed by atoms with Crippen LogP contribution in [0.5, 0.6) is 0 Å². The van der Waals surface area contributed by atoms with Crippen LogP contribution in [0.25, 0.3) is 0 Å². The Labute approximate surface area is 86.7 Å². The molecule has 2 nitrogen and oxygen atoms in total. The fourth-order valence-electron chi connectivity index (χ4n) is 0.867. The first kappa shape index (κ1) is 12.2. The highest BCUT2D eigenvalue weighted by molar-refractivity contribution is 9.10. The predicted molar refractivity (Wildman–Crippen MR) is 57.2 cm³/mol. The van der Waals surface area contributed by atoms with Crippen LogP contribution in [0.15, 0.2) is 22.7 Å². The molecule has 0 bridgehead atoms. The van der Waals surface area contributed by atoms with Crippen molar-refractivity contribution in [3.05, 3.63) is 33.8 Å². The van der Waals surface area contributed by atoms with Crippen molar-refractivity contribution < 1.29 is 9.90 Å². The Bertz CT molecular complexity index is 295. The minimum absolute atomic E-state index is 0.355. The van der Waals surface area contributed by atoms with E-state index in [4.69, 9.17) is 5.11 Å². The summed E-state index contributed by atoms with van der Waals surface area (Å²) in [6, 6.07) is 5.08. The summed E-state index contributed by atoms with van der Waals surface area (Å²) in [6.45, 7) is 5.77.